The molecule has 86 valence electrons. The van der Waals surface area contributed by atoms with Crippen LogP contribution in [0.2, 0.25) is 0 Å². The maximum absolute atomic E-state index is 4.38. The Bertz CT molecular complexity index is 111. The van der Waals surface area contributed by atoms with E-state index >= 15 is 0 Å². The SMILES string of the molecule is CCCC(CC)SCCC(CC)CS. The molecule has 2 unspecified atom stereocenters. The van der Waals surface area contributed by atoms with E-state index in [-0.39, 0.29) is 0 Å². The van der Waals surface area contributed by atoms with Crippen molar-refractivity contribution in [1.82, 2.24) is 0 Å². The molecule has 0 bridgehead atoms. The molecule has 0 aromatic rings. The molecule has 2 atom stereocenters. The zero-order chi connectivity index (χ0) is 10.8. The van der Waals surface area contributed by atoms with Crippen molar-refractivity contribution in [2.75, 3.05) is 11.5 Å². The summed E-state index contributed by atoms with van der Waals surface area (Å²) in [5.41, 5.74) is 0. The van der Waals surface area contributed by atoms with Gasteiger partial charge in [0.15, 0.2) is 0 Å². The van der Waals surface area contributed by atoms with Gasteiger partial charge in [0.1, 0.15) is 0 Å². The molecule has 0 nitrogen and oxygen atoms in total. The van der Waals surface area contributed by atoms with E-state index in [0.717, 1.165) is 16.9 Å². The van der Waals surface area contributed by atoms with E-state index in [1.807, 2.05) is 0 Å². The average molecular weight is 234 g/mol. The first-order valence-electron chi connectivity index (χ1n) is 6.00. The van der Waals surface area contributed by atoms with Gasteiger partial charge < -0.3 is 0 Å². The Hall–Kier alpha value is 0.700. The molecular weight excluding hydrogens is 208 g/mol. The summed E-state index contributed by atoms with van der Waals surface area (Å²) in [6.45, 7) is 6.87. The van der Waals surface area contributed by atoms with Gasteiger partial charge >= 0.3 is 0 Å². The van der Waals surface area contributed by atoms with Gasteiger partial charge in [-0.3, -0.25) is 0 Å². The fraction of sp³-hybridized carbons (Fsp3) is 1.00. The molecule has 0 aromatic heterocycles. The lowest BCUT2D eigenvalue weighted by atomic mass is 10.1. The molecule has 0 aliphatic rings. The van der Waals surface area contributed by atoms with Crippen LogP contribution in [0.15, 0.2) is 0 Å². The zero-order valence-corrected chi connectivity index (χ0v) is 11.7. The second-order valence-electron chi connectivity index (χ2n) is 3.94. The van der Waals surface area contributed by atoms with Gasteiger partial charge in [0, 0.05) is 5.25 Å². The Labute approximate surface area is 100 Å². The van der Waals surface area contributed by atoms with E-state index in [1.165, 1.54) is 37.9 Å². The lowest BCUT2D eigenvalue weighted by molar-refractivity contribution is 0.558. The van der Waals surface area contributed by atoms with Crippen LogP contribution in [0.5, 0.6) is 0 Å². The highest BCUT2D eigenvalue weighted by Crippen LogP contribution is 2.23. The van der Waals surface area contributed by atoms with E-state index in [0.29, 0.717) is 0 Å². The van der Waals surface area contributed by atoms with Crippen molar-refractivity contribution >= 4 is 24.4 Å². The van der Waals surface area contributed by atoms with Crippen LogP contribution in [0.4, 0.5) is 0 Å². The molecule has 0 saturated carbocycles. The monoisotopic (exact) mass is 234 g/mol. The van der Waals surface area contributed by atoms with Gasteiger partial charge in [-0.25, -0.2) is 0 Å². The van der Waals surface area contributed by atoms with Crippen LogP contribution in [0.3, 0.4) is 0 Å². The molecule has 0 heterocycles. The highest BCUT2D eigenvalue weighted by atomic mass is 32.2. The Kier molecular flexibility index (Phi) is 10.7. The third kappa shape index (κ3) is 7.05. The van der Waals surface area contributed by atoms with E-state index in [4.69, 9.17) is 0 Å². The van der Waals surface area contributed by atoms with Crippen LogP contribution in [0.25, 0.3) is 0 Å². The predicted molar refractivity (Wildman–Crippen MR) is 73.7 cm³/mol. The summed E-state index contributed by atoms with van der Waals surface area (Å²) < 4.78 is 0. The van der Waals surface area contributed by atoms with Gasteiger partial charge in [0.25, 0.3) is 0 Å². The Morgan fingerprint density at radius 3 is 2.21 bits per heavy atom. The van der Waals surface area contributed by atoms with Crippen molar-refractivity contribution in [2.24, 2.45) is 5.92 Å². The molecule has 0 aliphatic heterocycles. The standard InChI is InChI=1S/C12H26S2/c1-4-7-12(6-3)14-9-8-11(5-2)10-13/h11-13H,4-10H2,1-3H3. The first-order valence-corrected chi connectivity index (χ1v) is 7.68. The van der Waals surface area contributed by atoms with Crippen molar-refractivity contribution in [3.05, 3.63) is 0 Å². The van der Waals surface area contributed by atoms with Gasteiger partial charge in [0.2, 0.25) is 0 Å². The van der Waals surface area contributed by atoms with Crippen molar-refractivity contribution in [2.45, 2.75) is 58.1 Å². The highest BCUT2D eigenvalue weighted by Gasteiger charge is 2.08. The lowest BCUT2D eigenvalue weighted by Crippen LogP contribution is -2.06. The summed E-state index contributed by atoms with van der Waals surface area (Å²) in [5, 5.41) is 0.900. The normalized spacial score (nSPS) is 15.4. The summed E-state index contributed by atoms with van der Waals surface area (Å²) in [6, 6.07) is 0. The number of hydrogen-bond acceptors (Lipinski definition) is 2. The van der Waals surface area contributed by atoms with Gasteiger partial charge in [-0.1, -0.05) is 33.6 Å². The van der Waals surface area contributed by atoms with E-state index in [2.05, 4.69) is 45.2 Å². The molecule has 0 amide bonds. The minimum atomic E-state index is 0.838. The second-order valence-corrected chi connectivity index (χ2v) is 5.71. The van der Waals surface area contributed by atoms with Gasteiger partial charge in [-0.15, -0.1) is 0 Å². The molecular formula is C12H26S2. The molecule has 0 saturated heterocycles. The summed E-state index contributed by atoms with van der Waals surface area (Å²) in [4.78, 5) is 0. The van der Waals surface area contributed by atoms with E-state index in [9.17, 15) is 0 Å². The molecule has 0 radical (unpaired) electrons. The predicted octanol–water partition coefficient (Wildman–Crippen LogP) is 4.64. The maximum Gasteiger partial charge on any atom is 0.00443 e. The topological polar surface area (TPSA) is 0 Å². The fourth-order valence-electron chi connectivity index (χ4n) is 1.55. The molecule has 14 heavy (non-hydrogen) atoms. The molecule has 2 heteroatoms. The lowest BCUT2D eigenvalue weighted by Gasteiger charge is -2.16. The fourth-order valence-corrected chi connectivity index (χ4v) is 3.43. The van der Waals surface area contributed by atoms with Crippen molar-refractivity contribution < 1.29 is 0 Å². The number of rotatable bonds is 9. The second kappa shape index (κ2) is 10.2. The highest BCUT2D eigenvalue weighted by molar-refractivity contribution is 7.99. The summed E-state index contributed by atoms with van der Waals surface area (Å²) in [7, 11) is 0. The summed E-state index contributed by atoms with van der Waals surface area (Å²) in [6.07, 6.45) is 6.68. The maximum atomic E-state index is 4.38. The molecule has 0 rings (SSSR count). The number of thioether (sulfide) groups is 1. The van der Waals surface area contributed by atoms with Gasteiger partial charge in [-0.05, 0) is 36.7 Å². The molecule has 0 fully saturated rings. The van der Waals surface area contributed by atoms with Gasteiger partial charge in [-0.2, -0.15) is 24.4 Å². The molecule has 0 aromatic carbocycles. The molecule has 0 aliphatic carbocycles. The van der Waals surface area contributed by atoms with Crippen LogP contribution in [-0.4, -0.2) is 16.8 Å². The van der Waals surface area contributed by atoms with E-state index in [1.54, 1.807) is 0 Å². The Morgan fingerprint density at radius 2 is 1.79 bits per heavy atom. The zero-order valence-electron chi connectivity index (χ0n) is 9.96. The van der Waals surface area contributed by atoms with Crippen molar-refractivity contribution in [3.8, 4) is 0 Å². The van der Waals surface area contributed by atoms with E-state index < -0.39 is 0 Å². The quantitative estimate of drug-likeness (QED) is 0.567. The third-order valence-corrected chi connectivity index (χ3v) is 4.81. The Morgan fingerprint density at radius 1 is 1.07 bits per heavy atom. The largest absolute Gasteiger partial charge is 0.179 e. The molecule has 0 spiro atoms. The third-order valence-electron chi connectivity index (χ3n) is 2.78. The Balaban J connectivity index is 3.48. The first kappa shape index (κ1) is 14.7. The average Bonchev–Trinajstić information content (AvgIpc) is 2.23. The number of thiol groups is 1. The minimum Gasteiger partial charge on any atom is -0.179 e. The summed E-state index contributed by atoms with van der Waals surface area (Å²) >= 11 is 6.55. The van der Waals surface area contributed by atoms with Gasteiger partial charge in [0.05, 0.1) is 0 Å². The molecule has 0 N–H and O–H groups in total. The summed E-state index contributed by atoms with van der Waals surface area (Å²) in [5.74, 6) is 3.23. The van der Waals surface area contributed by atoms with Crippen LogP contribution in [0, 0.1) is 5.92 Å². The van der Waals surface area contributed by atoms with Crippen molar-refractivity contribution in [1.29, 1.82) is 0 Å². The first-order chi connectivity index (χ1) is 6.78. The number of hydrogen-bond donors (Lipinski definition) is 1. The van der Waals surface area contributed by atoms with Crippen LogP contribution < -0.4 is 0 Å². The van der Waals surface area contributed by atoms with Crippen LogP contribution >= 0.6 is 24.4 Å². The van der Waals surface area contributed by atoms with Crippen molar-refractivity contribution in [3.63, 3.8) is 0 Å². The van der Waals surface area contributed by atoms with Crippen LogP contribution in [0.1, 0.15) is 52.9 Å². The minimum absolute atomic E-state index is 0.838. The van der Waals surface area contributed by atoms with Crippen LogP contribution in [-0.2, 0) is 0 Å². The smallest absolute Gasteiger partial charge is 0.00443 e.